The summed E-state index contributed by atoms with van der Waals surface area (Å²) in [6, 6.07) is 20.5. The molecule has 1 heterocycles. The van der Waals surface area contributed by atoms with Crippen molar-refractivity contribution in [1.82, 2.24) is 0 Å². The number of carbonyl (C=O) groups is 1. The van der Waals surface area contributed by atoms with Gasteiger partial charge in [0.05, 0.1) is 5.56 Å². The highest BCUT2D eigenvalue weighted by atomic mass is 35.5. The van der Waals surface area contributed by atoms with E-state index < -0.39 is 0 Å². The monoisotopic (exact) mass is 388 g/mol. The minimum absolute atomic E-state index is 0.165. The number of hydrogen-bond acceptors (Lipinski definition) is 3. The number of rotatable bonds is 5. The van der Waals surface area contributed by atoms with Crippen LogP contribution in [-0.2, 0) is 6.61 Å². The lowest BCUT2D eigenvalue weighted by molar-refractivity contribution is 0.101. The van der Waals surface area contributed by atoms with Gasteiger partial charge in [-0.15, -0.1) is 0 Å². The molecule has 1 aliphatic rings. The Morgan fingerprint density at radius 3 is 2.57 bits per heavy atom. The van der Waals surface area contributed by atoms with Crippen LogP contribution in [0.15, 0.2) is 79.1 Å². The molecule has 0 saturated carbocycles. The fraction of sp³-hybridized carbons (Fsp3) is 0.0417. The van der Waals surface area contributed by atoms with Crippen LogP contribution >= 0.6 is 11.6 Å². The zero-order valence-electron chi connectivity index (χ0n) is 15.0. The van der Waals surface area contributed by atoms with Crippen molar-refractivity contribution in [3.63, 3.8) is 0 Å². The molecule has 0 aliphatic carbocycles. The number of ketones is 1. The lowest BCUT2D eigenvalue weighted by atomic mass is 10.1. The van der Waals surface area contributed by atoms with E-state index in [4.69, 9.17) is 21.1 Å². The predicted molar refractivity (Wildman–Crippen MR) is 112 cm³/mol. The van der Waals surface area contributed by atoms with Gasteiger partial charge in [0.25, 0.3) is 0 Å². The molecule has 4 rings (SSSR count). The zero-order chi connectivity index (χ0) is 19.5. The first-order valence-corrected chi connectivity index (χ1v) is 9.19. The Balaban J connectivity index is 1.50. The summed E-state index contributed by atoms with van der Waals surface area (Å²) in [5, 5.41) is 0.564. The number of halogens is 1. The molecule has 3 aromatic rings. The van der Waals surface area contributed by atoms with Crippen molar-refractivity contribution >= 4 is 29.5 Å². The maximum Gasteiger partial charge on any atom is 0.231 e. The third-order valence-electron chi connectivity index (χ3n) is 4.45. The summed E-state index contributed by atoms with van der Waals surface area (Å²) >= 11 is 6.17. The Morgan fingerprint density at radius 1 is 1.04 bits per heavy atom. The van der Waals surface area contributed by atoms with Crippen LogP contribution in [0, 0.1) is 0 Å². The summed E-state index contributed by atoms with van der Waals surface area (Å²) in [6.45, 7) is 4.17. The fourth-order valence-corrected chi connectivity index (χ4v) is 3.10. The molecule has 0 spiro atoms. The van der Waals surface area contributed by atoms with E-state index in [0.29, 0.717) is 28.7 Å². The zero-order valence-corrected chi connectivity index (χ0v) is 15.8. The van der Waals surface area contributed by atoms with Gasteiger partial charge in [0, 0.05) is 11.1 Å². The Kier molecular flexibility index (Phi) is 5.00. The molecule has 0 bridgehead atoms. The molecule has 4 heteroatoms. The number of carbonyl (C=O) groups excluding carboxylic acids is 1. The number of benzene rings is 3. The van der Waals surface area contributed by atoms with Crippen molar-refractivity contribution in [2.45, 2.75) is 6.61 Å². The molecule has 0 unspecified atom stereocenters. The van der Waals surface area contributed by atoms with Gasteiger partial charge in [0.15, 0.2) is 5.76 Å². The highest BCUT2D eigenvalue weighted by Crippen LogP contribution is 2.35. The van der Waals surface area contributed by atoms with E-state index in [1.165, 1.54) is 0 Å². The molecule has 28 heavy (non-hydrogen) atoms. The van der Waals surface area contributed by atoms with Crippen LogP contribution in [-0.4, -0.2) is 5.78 Å². The van der Waals surface area contributed by atoms with E-state index in [-0.39, 0.29) is 11.5 Å². The third kappa shape index (κ3) is 3.71. The molecular formula is C24H17ClO3. The van der Waals surface area contributed by atoms with Gasteiger partial charge in [0.1, 0.15) is 18.1 Å². The Morgan fingerprint density at radius 2 is 1.82 bits per heavy atom. The molecule has 0 fully saturated rings. The smallest absolute Gasteiger partial charge is 0.231 e. The number of fused-ring (bicyclic) bond motifs is 1. The molecule has 138 valence electrons. The normalized spacial score (nSPS) is 13.9. The molecule has 0 aromatic heterocycles. The average Bonchev–Trinajstić information content (AvgIpc) is 3.03. The number of hydrogen-bond donors (Lipinski definition) is 0. The van der Waals surface area contributed by atoms with Crippen molar-refractivity contribution in [3.8, 4) is 11.5 Å². The van der Waals surface area contributed by atoms with E-state index in [1.807, 2.05) is 42.5 Å². The van der Waals surface area contributed by atoms with Crippen molar-refractivity contribution in [2.24, 2.45) is 0 Å². The van der Waals surface area contributed by atoms with E-state index in [1.54, 1.807) is 36.4 Å². The molecular weight excluding hydrogens is 372 g/mol. The van der Waals surface area contributed by atoms with Gasteiger partial charge < -0.3 is 9.47 Å². The van der Waals surface area contributed by atoms with E-state index in [2.05, 4.69) is 6.58 Å². The van der Waals surface area contributed by atoms with Gasteiger partial charge >= 0.3 is 0 Å². The van der Waals surface area contributed by atoms with Crippen LogP contribution in [0.4, 0.5) is 0 Å². The van der Waals surface area contributed by atoms with E-state index >= 15 is 0 Å². The molecule has 0 N–H and O–H groups in total. The van der Waals surface area contributed by atoms with Gasteiger partial charge in [-0.3, -0.25) is 4.79 Å². The molecule has 3 nitrogen and oxygen atoms in total. The summed E-state index contributed by atoms with van der Waals surface area (Å²) in [7, 11) is 0. The standard InChI is InChI=1S/C24H17ClO3/c1-2-16-7-9-17(10-8-16)15-27-19-11-12-20-22(14-19)28-23(24(20)26)13-18-5-3-4-6-21(18)25/h2-14H,1,15H2/b23-13-. The summed E-state index contributed by atoms with van der Waals surface area (Å²) in [4.78, 5) is 12.6. The summed E-state index contributed by atoms with van der Waals surface area (Å²) < 4.78 is 11.6. The van der Waals surface area contributed by atoms with E-state index in [0.717, 1.165) is 16.7 Å². The van der Waals surface area contributed by atoms with Crippen LogP contribution in [0.5, 0.6) is 11.5 Å². The largest absolute Gasteiger partial charge is 0.489 e. The number of ether oxygens (including phenoxy) is 2. The van der Waals surface area contributed by atoms with Crippen molar-refractivity contribution in [2.75, 3.05) is 0 Å². The van der Waals surface area contributed by atoms with E-state index in [9.17, 15) is 4.79 Å². The van der Waals surface area contributed by atoms with Gasteiger partial charge in [-0.2, -0.15) is 0 Å². The molecule has 0 saturated heterocycles. The highest BCUT2D eigenvalue weighted by molar-refractivity contribution is 6.32. The van der Waals surface area contributed by atoms with Crippen LogP contribution in [0.25, 0.3) is 12.2 Å². The first kappa shape index (κ1) is 18.1. The van der Waals surface area contributed by atoms with Crippen LogP contribution in [0.2, 0.25) is 5.02 Å². The summed E-state index contributed by atoms with van der Waals surface area (Å²) in [5.41, 5.74) is 3.36. The van der Waals surface area contributed by atoms with Crippen LogP contribution in [0.1, 0.15) is 27.0 Å². The second-order valence-electron chi connectivity index (χ2n) is 6.35. The molecule has 1 aliphatic heterocycles. The van der Waals surface area contributed by atoms with Crippen molar-refractivity contribution in [1.29, 1.82) is 0 Å². The Hall–Kier alpha value is -3.30. The lowest BCUT2D eigenvalue weighted by Gasteiger charge is -2.07. The summed E-state index contributed by atoms with van der Waals surface area (Å²) in [6.07, 6.45) is 3.46. The molecule has 0 amide bonds. The van der Waals surface area contributed by atoms with Gasteiger partial charge in [-0.05, 0) is 41.0 Å². The van der Waals surface area contributed by atoms with Gasteiger partial charge in [-0.25, -0.2) is 0 Å². The minimum Gasteiger partial charge on any atom is -0.489 e. The van der Waals surface area contributed by atoms with Crippen LogP contribution in [0.3, 0.4) is 0 Å². The molecule has 0 atom stereocenters. The Bertz CT molecular complexity index is 1080. The SMILES string of the molecule is C=Cc1ccc(COc2ccc3c(c2)O/C(=C\c2ccccc2Cl)C3=O)cc1. The topological polar surface area (TPSA) is 35.5 Å². The molecule has 0 radical (unpaired) electrons. The third-order valence-corrected chi connectivity index (χ3v) is 4.80. The lowest BCUT2D eigenvalue weighted by Crippen LogP contribution is -1.98. The maximum atomic E-state index is 12.6. The Labute approximate surface area is 168 Å². The minimum atomic E-state index is -0.165. The maximum absolute atomic E-state index is 12.6. The first-order valence-electron chi connectivity index (χ1n) is 8.81. The summed E-state index contributed by atoms with van der Waals surface area (Å²) in [5.74, 6) is 1.21. The average molecular weight is 389 g/mol. The van der Waals surface area contributed by atoms with Gasteiger partial charge in [0.2, 0.25) is 5.78 Å². The molecule has 3 aromatic carbocycles. The number of allylic oxidation sites excluding steroid dienone is 1. The first-order chi connectivity index (χ1) is 13.6. The quantitative estimate of drug-likeness (QED) is 0.490. The predicted octanol–water partition coefficient (Wildman–Crippen LogP) is 6.18. The van der Waals surface area contributed by atoms with Gasteiger partial charge in [-0.1, -0.05) is 66.7 Å². The van der Waals surface area contributed by atoms with Crippen molar-refractivity contribution < 1.29 is 14.3 Å². The second kappa shape index (κ2) is 7.75. The highest BCUT2D eigenvalue weighted by Gasteiger charge is 2.27. The second-order valence-corrected chi connectivity index (χ2v) is 6.76. The fourth-order valence-electron chi connectivity index (χ4n) is 2.91. The van der Waals surface area contributed by atoms with Crippen molar-refractivity contribution in [3.05, 3.63) is 106 Å². The number of Topliss-reactive ketones (excluding diaryl/α,β-unsaturated/α-hetero) is 1. The van der Waals surface area contributed by atoms with Crippen LogP contribution < -0.4 is 9.47 Å².